The third kappa shape index (κ3) is 8.06. The molecule has 1 atom stereocenters. The highest BCUT2D eigenvalue weighted by molar-refractivity contribution is 5.84. The van der Waals surface area contributed by atoms with Crippen LogP contribution in [-0.4, -0.2) is 36.7 Å². The molecule has 0 bridgehead atoms. The summed E-state index contributed by atoms with van der Waals surface area (Å²) in [5.74, 6) is -0.147. The maximum atomic E-state index is 11.5. The van der Waals surface area contributed by atoms with Gasteiger partial charge in [0.25, 0.3) is 0 Å². The molecule has 2 N–H and O–H groups in total. The Morgan fingerprint density at radius 3 is 2.39 bits per heavy atom. The number of carbonyl (C=O) groups is 2. The van der Waals surface area contributed by atoms with Gasteiger partial charge >= 0.3 is 5.97 Å². The first-order chi connectivity index (χ1) is 8.51. The van der Waals surface area contributed by atoms with E-state index >= 15 is 0 Å². The average Bonchev–Trinajstić information content (AvgIpc) is 2.34. The molecule has 106 valence electrons. The van der Waals surface area contributed by atoms with E-state index in [0.29, 0.717) is 12.3 Å². The van der Waals surface area contributed by atoms with Gasteiger partial charge in [-0.2, -0.15) is 0 Å². The van der Waals surface area contributed by atoms with Gasteiger partial charge in [-0.05, 0) is 12.3 Å². The van der Waals surface area contributed by atoms with Crippen LogP contribution in [0.1, 0.15) is 46.0 Å². The molecule has 0 saturated heterocycles. The predicted molar refractivity (Wildman–Crippen MR) is 69.0 cm³/mol. The molecular weight excluding hydrogens is 234 g/mol. The topological polar surface area (TPSA) is 75.6 Å². The molecule has 0 rings (SSSR count). The number of aliphatic hydroxyl groups excluding tert-OH is 1. The number of aliphatic hydroxyl groups is 1. The summed E-state index contributed by atoms with van der Waals surface area (Å²) in [7, 11) is 1.23. The zero-order valence-corrected chi connectivity index (χ0v) is 11.6. The van der Waals surface area contributed by atoms with Gasteiger partial charge in [-0.3, -0.25) is 4.79 Å². The number of unbranched alkanes of at least 4 members (excludes halogenated alkanes) is 2. The van der Waals surface area contributed by atoms with Crippen molar-refractivity contribution in [2.45, 2.75) is 52.0 Å². The fraction of sp³-hybridized carbons (Fsp3) is 0.846. The van der Waals surface area contributed by atoms with Crippen LogP contribution in [-0.2, 0) is 14.3 Å². The molecule has 0 unspecified atom stereocenters. The SMILES string of the molecule is COC(=O)[C@H](CO)NC(=O)CCCCCC(C)C. The smallest absolute Gasteiger partial charge is 0.330 e. The molecule has 18 heavy (non-hydrogen) atoms. The largest absolute Gasteiger partial charge is 0.467 e. The first kappa shape index (κ1) is 16.9. The number of hydrogen-bond acceptors (Lipinski definition) is 4. The number of ether oxygens (including phenoxy) is 1. The summed E-state index contributed by atoms with van der Waals surface area (Å²) in [6.45, 7) is 3.91. The normalized spacial score (nSPS) is 12.3. The zero-order chi connectivity index (χ0) is 14.0. The molecule has 5 nitrogen and oxygen atoms in total. The van der Waals surface area contributed by atoms with Gasteiger partial charge in [-0.25, -0.2) is 4.79 Å². The van der Waals surface area contributed by atoms with Gasteiger partial charge in [0, 0.05) is 6.42 Å². The molecule has 0 aliphatic rings. The van der Waals surface area contributed by atoms with Crippen molar-refractivity contribution in [2.75, 3.05) is 13.7 Å². The van der Waals surface area contributed by atoms with E-state index < -0.39 is 18.6 Å². The van der Waals surface area contributed by atoms with Crippen molar-refractivity contribution >= 4 is 11.9 Å². The van der Waals surface area contributed by atoms with Crippen molar-refractivity contribution in [1.29, 1.82) is 0 Å². The lowest BCUT2D eigenvalue weighted by Gasteiger charge is -2.13. The molecule has 0 saturated carbocycles. The lowest BCUT2D eigenvalue weighted by atomic mass is 10.0. The maximum Gasteiger partial charge on any atom is 0.330 e. The number of amides is 1. The van der Waals surface area contributed by atoms with Crippen LogP contribution in [0.2, 0.25) is 0 Å². The van der Waals surface area contributed by atoms with E-state index in [4.69, 9.17) is 5.11 Å². The molecular formula is C13H25NO4. The van der Waals surface area contributed by atoms with Gasteiger partial charge in [0.15, 0.2) is 6.04 Å². The highest BCUT2D eigenvalue weighted by Crippen LogP contribution is 2.09. The van der Waals surface area contributed by atoms with Gasteiger partial charge in [0.2, 0.25) is 5.91 Å². The Morgan fingerprint density at radius 1 is 1.22 bits per heavy atom. The minimum Gasteiger partial charge on any atom is -0.467 e. The van der Waals surface area contributed by atoms with Crippen LogP contribution in [0.5, 0.6) is 0 Å². The van der Waals surface area contributed by atoms with Crippen molar-refractivity contribution in [3.05, 3.63) is 0 Å². The number of nitrogens with one attached hydrogen (secondary N) is 1. The van der Waals surface area contributed by atoms with E-state index in [1.54, 1.807) is 0 Å². The van der Waals surface area contributed by atoms with Crippen LogP contribution in [0.15, 0.2) is 0 Å². The lowest BCUT2D eigenvalue weighted by Crippen LogP contribution is -2.43. The van der Waals surface area contributed by atoms with Crippen LogP contribution < -0.4 is 5.32 Å². The Bertz CT molecular complexity index is 253. The minimum atomic E-state index is -0.946. The predicted octanol–water partition coefficient (Wildman–Crippen LogP) is 1.24. The zero-order valence-electron chi connectivity index (χ0n) is 11.6. The summed E-state index contributed by atoms with van der Waals surface area (Å²) in [5.41, 5.74) is 0. The fourth-order valence-electron chi connectivity index (χ4n) is 1.60. The second kappa shape index (κ2) is 9.88. The lowest BCUT2D eigenvalue weighted by molar-refractivity contribution is -0.146. The third-order valence-electron chi connectivity index (χ3n) is 2.69. The number of hydrogen-bond donors (Lipinski definition) is 2. The Balaban J connectivity index is 3.72. The van der Waals surface area contributed by atoms with Crippen molar-refractivity contribution < 1.29 is 19.4 Å². The monoisotopic (exact) mass is 259 g/mol. The molecule has 0 aromatic heterocycles. The summed E-state index contributed by atoms with van der Waals surface area (Å²) in [5, 5.41) is 11.4. The summed E-state index contributed by atoms with van der Waals surface area (Å²) >= 11 is 0. The molecule has 0 radical (unpaired) electrons. The third-order valence-corrected chi connectivity index (χ3v) is 2.69. The van der Waals surface area contributed by atoms with Crippen LogP contribution in [0, 0.1) is 5.92 Å². The average molecular weight is 259 g/mol. The van der Waals surface area contributed by atoms with Gasteiger partial charge in [0.1, 0.15) is 0 Å². The molecule has 0 spiro atoms. The van der Waals surface area contributed by atoms with Crippen molar-refractivity contribution in [2.24, 2.45) is 5.92 Å². The highest BCUT2D eigenvalue weighted by atomic mass is 16.5. The first-order valence-corrected chi connectivity index (χ1v) is 6.49. The molecule has 0 aromatic carbocycles. The van der Waals surface area contributed by atoms with E-state index in [0.717, 1.165) is 19.3 Å². The fourth-order valence-corrected chi connectivity index (χ4v) is 1.60. The molecule has 0 fully saturated rings. The van der Waals surface area contributed by atoms with E-state index in [-0.39, 0.29) is 5.91 Å². The van der Waals surface area contributed by atoms with Gasteiger partial charge in [-0.1, -0.05) is 33.1 Å². The van der Waals surface area contributed by atoms with E-state index in [2.05, 4.69) is 23.9 Å². The summed E-state index contributed by atoms with van der Waals surface area (Å²) < 4.78 is 4.46. The molecule has 0 aliphatic heterocycles. The van der Waals surface area contributed by atoms with E-state index in [1.165, 1.54) is 13.5 Å². The van der Waals surface area contributed by atoms with E-state index in [1.807, 2.05) is 0 Å². The molecule has 0 aromatic rings. The Labute approximate surface area is 109 Å². The molecule has 0 heterocycles. The summed E-state index contributed by atoms with van der Waals surface area (Å²) in [4.78, 5) is 22.6. The number of rotatable bonds is 9. The van der Waals surface area contributed by atoms with Crippen molar-refractivity contribution in [1.82, 2.24) is 5.32 Å². The van der Waals surface area contributed by atoms with Gasteiger partial charge in [0.05, 0.1) is 13.7 Å². The molecule has 0 aliphatic carbocycles. The van der Waals surface area contributed by atoms with Crippen LogP contribution in [0.4, 0.5) is 0 Å². The van der Waals surface area contributed by atoms with Crippen LogP contribution in [0.25, 0.3) is 0 Å². The van der Waals surface area contributed by atoms with Gasteiger partial charge < -0.3 is 15.2 Å². The van der Waals surface area contributed by atoms with Crippen molar-refractivity contribution in [3.8, 4) is 0 Å². The minimum absolute atomic E-state index is 0.219. The molecule has 5 heteroatoms. The summed E-state index contributed by atoms with van der Waals surface area (Å²) in [6.07, 6.45) is 4.48. The number of esters is 1. The van der Waals surface area contributed by atoms with Gasteiger partial charge in [-0.15, -0.1) is 0 Å². The highest BCUT2D eigenvalue weighted by Gasteiger charge is 2.19. The first-order valence-electron chi connectivity index (χ1n) is 6.49. The second-order valence-electron chi connectivity index (χ2n) is 4.82. The van der Waals surface area contributed by atoms with E-state index in [9.17, 15) is 9.59 Å². The Hall–Kier alpha value is -1.10. The quantitative estimate of drug-likeness (QED) is 0.482. The van der Waals surface area contributed by atoms with Crippen molar-refractivity contribution in [3.63, 3.8) is 0 Å². The second-order valence-corrected chi connectivity index (χ2v) is 4.82. The Morgan fingerprint density at radius 2 is 1.89 bits per heavy atom. The molecule has 1 amide bonds. The maximum absolute atomic E-state index is 11.5. The number of methoxy groups -OCH3 is 1. The van der Waals surface area contributed by atoms with Crippen LogP contribution in [0.3, 0.4) is 0 Å². The number of carbonyl (C=O) groups excluding carboxylic acids is 2. The van der Waals surface area contributed by atoms with Crippen LogP contribution >= 0.6 is 0 Å². The Kier molecular flexibility index (Phi) is 9.28. The standard InChI is InChI=1S/C13H25NO4/c1-10(2)7-5-4-6-8-12(16)14-11(9-15)13(17)18-3/h10-11,15H,4-9H2,1-3H3,(H,14,16)/t11-/m0/s1. The summed E-state index contributed by atoms with van der Waals surface area (Å²) in [6, 6.07) is -0.946.